The molecule has 1 aliphatic carbocycles. The summed E-state index contributed by atoms with van der Waals surface area (Å²) >= 11 is 0. The lowest BCUT2D eigenvalue weighted by atomic mass is 10.2. The maximum Gasteiger partial charge on any atom is 0.354 e. The summed E-state index contributed by atoms with van der Waals surface area (Å²) in [6.07, 6.45) is 3.86. The van der Waals surface area contributed by atoms with E-state index in [0.29, 0.717) is 11.6 Å². The summed E-state index contributed by atoms with van der Waals surface area (Å²) < 4.78 is 1.39. The maximum absolute atomic E-state index is 11.1. The first-order valence-electron chi connectivity index (χ1n) is 5.25. The molecule has 0 amide bonds. The van der Waals surface area contributed by atoms with Gasteiger partial charge in [-0.2, -0.15) is 5.10 Å². The molecule has 2 heterocycles. The molecule has 0 aliphatic heterocycles. The van der Waals surface area contributed by atoms with E-state index < -0.39 is 5.97 Å². The molecule has 0 atom stereocenters. The monoisotopic (exact) mass is 217 g/mol. The van der Waals surface area contributed by atoms with E-state index in [-0.39, 0.29) is 5.69 Å². The number of carboxylic acids is 1. The minimum atomic E-state index is -0.961. The highest BCUT2D eigenvalue weighted by Gasteiger charge is 2.27. The van der Waals surface area contributed by atoms with Gasteiger partial charge in [0.05, 0.1) is 6.20 Å². The lowest BCUT2D eigenvalue weighted by Gasteiger charge is -2.03. The Labute approximate surface area is 91.7 Å². The molecule has 5 heteroatoms. The van der Waals surface area contributed by atoms with Crippen molar-refractivity contribution in [2.75, 3.05) is 0 Å². The van der Waals surface area contributed by atoms with Gasteiger partial charge in [0, 0.05) is 17.2 Å². The first-order chi connectivity index (χ1) is 7.66. The molecule has 0 unspecified atom stereocenters. The summed E-state index contributed by atoms with van der Waals surface area (Å²) in [4.78, 5) is 15.6. The third-order valence-corrected chi connectivity index (χ3v) is 2.88. The van der Waals surface area contributed by atoms with Crippen LogP contribution in [0.25, 0.3) is 5.65 Å². The van der Waals surface area contributed by atoms with Gasteiger partial charge in [0.2, 0.25) is 0 Å². The van der Waals surface area contributed by atoms with Crippen LogP contribution in [0.5, 0.6) is 0 Å². The van der Waals surface area contributed by atoms with Crippen LogP contribution < -0.4 is 0 Å². The number of carbonyl (C=O) groups is 1. The molecule has 3 rings (SSSR count). The predicted molar refractivity (Wildman–Crippen MR) is 56.7 cm³/mol. The summed E-state index contributed by atoms with van der Waals surface area (Å²) in [6.45, 7) is 1.89. The Balaban J connectivity index is 2.32. The zero-order valence-electron chi connectivity index (χ0n) is 8.84. The van der Waals surface area contributed by atoms with Crippen LogP contribution in [-0.4, -0.2) is 25.7 Å². The van der Waals surface area contributed by atoms with Crippen LogP contribution in [0.2, 0.25) is 0 Å². The lowest BCUT2D eigenvalue weighted by Crippen LogP contribution is -2.09. The number of fused-ring (bicyclic) bond motifs is 1. The fourth-order valence-corrected chi connectivity index (χ4v) is 1.83. The van der Waals surface area contributed by atoms with E-state index in [1.54, 1.807) is 12.3 Å². The second-order valence-corrected chi connectivity index (χ2v) is 4.21. The first kappa shape index (κ1) is 9.33. The van der Waals surface area contributed by atoms with Gasteiger partial charge in [-0.1, -0.05) is 0 Å². The fraction of sp³-hybridized carbons (Fsp3) is 0.364. The summed E-state index contributed by atoms with van der Waals surface area (Å²) in [5.74, 6) is -0.519. The lowest BCUT2D eigenvalue weighted by molar-refractivity contribution is 0.0687. The van der Waals surface area contributed by atoms with Crippen molar-refractivity contribution >= 4 is 11.6 Å². The van der Waals surface area contributed by atoms with Crippen LogP contribution >= 0.6 is 0 Å². The molecule has 1 N–H and O–H groups in total. The van der Waals surface area contributed by atoms with E-state index in [1.807, 2.05) is 6.92 Å². The number of aromatic nitrogens is 3. The Bertz CT molecular complexity index is 584. The van der Waals surface area contributed by atoms with Gasteiger partial charge in [0.1, 0.15) is 0 Å². The number of carboxylic acid groups (broad SMARTS) is 1. The van der Waals surface area contributed by atoms with E-state index in [9.17, 15) is 4.79 Å². The minimum absolute atomic E-state index is 0.194. The van der Waals surface area contributed by atoms with Gasteiger partial charge in [-0.3, -0.25) is 0 Å². The van der Waals surface area contributed by atoms with Crippen LogP contribution in [0.15, 0.2) is 12.3 Å². The van der Waals surface area contributed by atoms with Gasteiger partial charge in [-0.25, -0.2) is 14.3 Å². The second-order valence-electron chi connectivity index (χ2n) is 4.21. The number of hydrogen-bond donors (Lipinski definition) is 1. The van der Waals surface area contributed by atoms with Gasteiger partial charge >= 0.3 is 5.97 Å². The van der Waals surface area contributed by atoms with E-state index >= 15 is 0 Å². The van der Waals surface area contributed by atoms with Crippen molar-refractivity contribution < 1.29 is 9.90 Å². The Kier molecular flexibility index (Phi) is 1.77. The minimum Gasteiger partial charge on any atom is -0.477 e. The number of aryl methyl sites for hydroxylation is 1. The molecular weight excluding hydrogens is 206 g/mol. The molecule has 82 valence electrons. The average Bonchev–Trinajstić information content (AvgIpc) is 3.03. The molecule has 16 heavy (non-hydrogen) atoms. The number of hydrogen-bond acceptors (Lipinski definition) is 3. The molecule has 5 nitrogen and oxygen atoms in total. The van der Waals surface area contributed by atoms with Crippen molar-refractivity contribution in [1.29, 1.82) is 0 Å². The SMILES string of the molecule is Cc1cnn2c(C(=O)O)cc(C3CC3)nc12. The van der Waals surface area contributed by atoms with E-state index in [0.717, 1.165) is 24.1 Å². The Morgan fingerprint density at radius 2 is 2.31 bits per heavy atom. The van der Waals surface area contributed by atoms with Gasteiger partial charge < -0.3 is 5.11 Å². The summed E-state index contributed by atoms with van der Waals surface area (Å²) in [6, 6.07) is 1.64. The van der Waals surface area contributed by atoms with Gasteiger partial charge in [-0.15, -0.1) is 0 Å². The third-order valence-electron chi connectivity index (χ3n) is 2.88. The van der Waals surface area contributed by atoms with Crippen molar-refractivity contribution in [1.82, 2.24) is 14.6 Å². The Hall–Kier alpha value is -1.91. The normalized spacial score (nSPS) is 15.6. The van der Waals surface area contributed by atoms with Crippen LogP contribution in [-0.2, 0) is 0 Å². The molecule has 2 aromatic heterocycles. The summed E-state index contributed by atoms with van der Waals surface area (Å²) in [5, 5.41) is 13.2. The van der Waals surface area contributed by atoms with Crippen LogP contribution in [0.4, 0.5) is 0 Å². The number of nitrogens with zero attached hydrogens (tertiary/aromatic N) is 3. The Morgan fingerprint density at radius 1 is 1.56 bits per heavy atom. The number of rotatable bonds is 2. The van der Waals surface area contributed by atoms with Gasteiger partial charge in [-0.05, 0) is 25.8 Å². The second kappa shape index (κ2) is 3.04. The van der Waals surface area contributed by atoms with Crippen LogP contribution in [0.1, 0.15) is 40.5 Å². The summed E-state index contributed by atoms with van der Waals surface area (Å²) in [7, 11) is 0. The third kappa shape index (κ3) is 1.28. The van der Waals surface area contributed by atoms with Crippen LogP contribution in [0.3, 0.4) is 0 Å². The summed E-state index contributed by atoms with van der Waals surface area (Å²) in [5.41, 5.74) is 2.64. The molecule has 1 aliphatic rings. The van der Waals surface area contributed by atoms with E-state index in [4.69, 9.17) is 5.11 Å². The first-order valence-corrected chi connectivity index (χ1v) is 5.25. The fourth-order valence-electron chi connectivity index (χ4n) is 1.83. The van der Waals surface area contributed by atoms with Crippen molar-refractivity contribution in [2.45, 2.75) is 25.7 Å². The van der Waals surface area contributed by atoms with Crippen molar-refractivity contribution in [3.63, 3.8) is 0 Å². The predicted octanol–water partition coefficient (Wildman–Crippen LogP) is 1.61. The zero-order valence-corrected chi connectivity index (χ0v) is 8.84. The number of aromatic carboxylic acids is 1. The van der Waals surface area contributed by atoms with Crippen molar-refractivity contribution in [3.05, 3.63) is 29.2 Å². The molecule has 1 saturated carbocycles. The molecule has 0 radical (unpaired) electrons. The highest BCUT2D eigenvalue weighted by atomic mass is 16.4. The van der Waals surface area contributed by atoms with E-state index in [2.05, 4.69) is 10.1 Å². The maximum atomic E-state index is 11.1. The van der Waals surface area contributed by atoms with Gasteiger partial charge in [0.15, 0.2) is 11.3 Å². The van der Waals surface area contributed by atoms with Crippen molar-refractivity contribution in [2.24, 2.45) is 0 Å². The highest BCUT2D eigenvalue weighted by molar-refractivity contribution is 5.86. The molecule has 0 spiro atoms. The van der Waals surface area contributed by atoms with Crippen molar-refractivity contribution in [3.8, 4) is 0 Å². The molecule has 0 bridgehead atoms. The topological polar surface area (TPSA) is 67.5 Å². The zero-order chi connectivity index (χ0) is 11.3. The standard InChI is InChI=1S/C11H11N3O2/c1-6-5-12-14-9(11(15)16)4-8(7-2-3-7)13-10(6)14/h4-5,7H,2-3H2,1H3,(H,15,16). The largest absolute Gasteiger partial charge is 0.477 e. The molecule has 0 aromatic carbocycles. The molecule has 1 fully saturated rings. The van der Waals surface area contributed by atoms with E-state index in [1.165, 1.54) is 4.52 Å². The Morgan fingerprint density at radius 3 is 2.94 bits per heavy atom. The highest BCUT2D eigenvalue weighted by Crippen LogP contribution is 2.39. The molecule has 2 aromatic rings. The van der Waals surface area contributed by atoms with Crippen LogP contribution in [0, 0.1) is 6.92 Å². The molecular formula is C11H11N3O2. The van der Waals surface area contributed by atoms with Gasteiger partial charge in [0.25, 0.3) is 0 Å². The quantitative estimate of drug-likeness (QED) is 0.829. The average molecular weight is 217 g/mol. The smallest absolute Gasteiger partial charge is 0.354 e. The molecule has 0 saturated heterocycles.